The van der Waals surface area contributed by atoms with Crippen molar-refractivity contribution in [2.45, 2.75) is 18.9 Å². The second-order valence-corrected chi connectivity index (χ2v) is 8.25. The van der Waals surface area contributed by atoms with Gasteiger partial charge in [-0.05, 0) is 42.8 Å². The number of primary amides is 1. The summed E-state index contributed by atoms with van der Waals surface area (Å²) in [4.78, 5) is 35.4. The SMILES string of the molecule is Cc1cc(OC[C@]2(CC(N)=O)CN(C(=O)c3cnc4ccccc4n3)CCO2)ccc1Cl. The Morgan fingerprint density at radius 1 is 1.25 bits per heavy atom. The van der Waals surface area contributed by atoms with Crippen molar-refractivity contribution in [1.29, 1.82) is 0 Å². The van der Waals surface area contributed by atoms with E-state index < -0.39 is 11.5 Å². The first-order valence-electron chi connectivity index (χ1n) is 10.2. The molecule has 2 heterocycles. The van der Waals surface area contributed by atoms with Crippen LogP contribution in [0.1, 0.15) is 22.5 Å². The van der Waals surface area contributed by atoms with Crippen LogP contribution in [0, 0.1) is 6.92 Å². The summed E-state index contributed by atoms with van der Waals surface area (Å²) in [7, 11) is 0. The minimum atomic E-state index is -1.07. The molecule has 1 aliphatic rings. The molecule has 2 amide bonds. The van der Waals surface area contributed by atoms with E-state index in [9.17, 15) is 9.59 Å². The summed E-state index contributed by atoms with van der Waals surface area (Å²) in [5.41, 5.74) is 6.87. The molecular formula is C23H23ClN4O4. The van der Waals surface area contributed by atoms with Crippen molar-refractivity contribution in [3.8, 4) is 5.75 Å². The fourth-order valence-corrected chi connectivity index (χ4v) is 3.84. The lowest BCUT2D eigenvalue weighted by molar-refractivity contribution is -0.142. The van der Waals surface area contributed by atoms with Gasteiger partial charge >= 0.3 is 0 Å². The van der Waals surface area contributed by atoms with E-state index in [1.54, 1.807) is 29.2 Å². The summed E-state index contributed by atoms with van der Waals surface area (Å²) in [5, 5.41) is 0.631. The summed E-state index contributed by atoms with van der Waals surface area (Å²) >= 11 is 6.08. The number of fused-ring (bicyclic) bond motifs is 1. The Hall–Kier alpha value is -3.23. The molecule has 0 bridgehead atoms. The number of carbonyl (C=O) groups excluding carboxylic acids is 2. The van der Waals surface area contributed by atoms with Gasteiger partial charge in [-0.3, -0.25) is 14.6 Å². The van der Waals surface area contributed by atoms with Crippen LogP contribution < -0.4 is 10.5 Å². The molecule has 1 aliphatic heterocycles. The van der Waals surface area contributed by atoms with Crippen molar-refractivity contribution in [3.05, 3.63) is 64.9 Å². The van der Waals surface area contributed by atoms with Crippen molar-refractivity contribution in [1.82, 2.24) is 14.9 Å². The number of aryl methyl sites for hydroxylation is 1. The highest BCUT2D eigenvalue weighted by Gasteiger charge is 2.41. The predicted octanol–water partition coefficient (Wildman–Crippen LogP) is 2.76. The van der Waals surface area contributed by atoms with Gasteiger partial charge in [0, 0.05) is 11.6 Å². The quantitative estimate of drug-likeness (QED) is 0.613. The van der Waals surface area contributed by atoms with Gasteiger partial charge in [0.2, 0.25) is 5.91 Å². The molecule has 2 aromatic carbocycles. The Labute approximate surface area is 190 Å². The number of hydrogen-bond acceptors (Lipinski definition) is 6. The summed E-state index contributed by atoms with van der Waals surface area (Å²) in [6.07, 6.45) is 1.37. The first-order valence-corrected chi connectivity index (χ1v) is 10.6. The van der Waals surface area contributed by atoms with E-state index in [0.717, 1.165) is 5.56 Å². The molecule has 0 unspecified atom stereocenters. The van der Waals surface area contributed by atoms with E-state index in [1.807, 2.05) is 25.1 Å². The minimum absolute atomic E-state index is 0.0458. The summed E-state index contributed by atoms with van der Waals surface area (Å²) in [6, 6.07) is 12.6. The van der Waals surface area contributed by atoms with Crippen LogP contribution >= 0.6 is 11.6 Å². The lowest BCUT2D eigenvalue weighted by Crippen LogP contribution is -2.58. The molecule has 0 aliphatic carbocycles. The second-order valence-electron chi connectivity index (χ2n) is 7.84. The van der Waals surface area contributed by atoms with E-state index in [2.05, 4.69) is 9.97 Å². The Bertz CT molecular complexity index is 1170. The van der Waals surface area contributed by atoms with Gasteiger partial charge in [-0.25, -0.2) is 4.98 Å². The predicted molar refractivity (Wildman–Crippen MR) is 120 cm³/mol. The average Bonchev–Trinajstić information content (AvgIpc) is 2.79. The first kappa shape index (κ1) is 22.0. The lowest BCUT2D eigenvalue weighted by atomic mass is 9.97. The molecular weight excluding hydrogens is 432 g/mol. The normalized spacial score (nSPS) is 18.5. The number of nitrogens with two attached hydrogens (primary N) is 1. The number of amides is 2. The summed E-state index contributed by atoms with van der Waals surface area (Å²) in [6.45, 7) is 2.65. The maximum atomic E-state index is 13.2. The highest BCUT2D eigenvalue weighted by atomic mass is 35.5. The van der Waals surface area contributed by atoms with E-state index in [-0.39, 0.29) is 37.8 Å². The molecule has 166 valence electrons. The van der Waals surface area contributed by atoms with Gasteiger partial charge in [-0.15, -0.1) is 0 Å². The summed E-state index contributed by atoms with van der Waals surface area (Å²) in [5.74, 6) is -0.244. The van der Waals surface area contributed by atoms with E-state index >= 15 is 0 Å². The van der Waals surface area contributed by atoms with Crippen LogP contribution in [0.3, 0.4) is 0 Å². The molecule has 9 heteroatoms. The fourth-order valence-electron chi connectivity index (χ4n) is 3.73. The fraction of sp³-hybridized carbons (Fsp3) is 0.304. The van der Waals surface area contributed by atoms with Crippen molar-refractivity contribution in [2.24, 2.45) is 5.73 Å². The first-order chi connectivity index (χ1) is 15.3. The Kier molecular flexibility index (Phi) is 6.25. The summed E-state index contributed by atoms with van der Waals surface area (Å²) < 4.78 is 11.9. The van der Waals surface area contributed by atoms with Gasteiger partial charge in [-0.1, -0.05) is 23.7 Å². The van der Waals surface area contributed by atoms with Crippen LogP contribution in [-0.2, 0) is 9.53 Å². The van der Waals surface area contributed by atoms with Crippen LogP contribution in [-0.4, -0.2) is 58.6 Å². The number of halogens is 1. The molecule has 8 nitrogen and oxygen atoms in total. The van der Waals surface area contributed by atoms with Gasteiger partial charge < -0.3 is 20.1 Å². The molecule has 1 atom stereocenters. The second kappa shape index (κ2) is 9.10. The van der Waals surface area contributed by atoms with Crippen molar-refractivity contribution >= 4 is 34.4 Å². The Morgan fingerprint density at radius 3 is 2.78 bits per heavy atom. The average molecular weight is 455 g/mol. The molecule has 2 N–H and O–H groups in total. The molecule has 0 radical (unpaired) electrons. The number of ether oxygens (including phenoxy) is 2. The number of para-hydroxylation sites is 2. The molecule has 0 saturated carbocycles. The van der Waals surface area contributed by atoms with Crippen LogP contribution in [0.5, 0.6) is 5.75 Å². The zero-order valence-corrected chi connectivity index (χ0v) is 18.3. The standard InChI is InChI=1S/C23H23ClN4O4/c1-15-10-16(6-7-17(15)24)31-14-23(11-21(25)29)13-28(8-9-32-23)22(30)20-12-26-18-4-2-3-5-19(18)27-20/h2-7,10,12H,8-9,11,13-14H2,1H3,(H2,25,29)/t23-/m0/s1. The molecule has 3 aromatic rings. The van der Waals surface area contributed by atoms with Crippen LogP contribution in [0.15, 0.2) is 48.7 Å². The van der Waals surface area contributed by atoms with Crippen molar-refractivity contribution < 1.29 is 19.1 Å². The lowest BCUT2D eigenvalue weighted by Gasteiger charge is -2.41. The number of hydrogen-bond donors (Lipinski definition) is 1. The third-order valence-electron chi connectivity index (χ3n) is 5.33. The van der Waals surface area contributed by atoms with E-state index in [4.69, 9.17) is 26.8 Å². The number of carbonyl (C=O) groups is 2. The van der Waals surface area contributed by atoms with E-state index in [1.165, 1.54) is 6.20 Å². The van der Waals surface area contributed by atoms with Gasteiger partial charge in [0.25, 0.3) is 5.91 Å². The van der Waals surface area contributed by atoms with Crippen molar-refractivity contribution in [3.63, 3.8) is 0 Å². The Morgan fingerprint density at radius 2 is 2.03 bits per heavy atom. The molecule has 4 rings (SSSR count). The smallest absolute Gasteiger partial charge is 0.274 e. The molecule has 1 fully saturated rings. The molecule has 1 aromatic heterocycles. The highest BCUT2D eigenvalue weighted by Crippen LogP contribution is 2.27. The van der Waals surface area contributed by atoms with Crippen molar-refractivity contribution in [2.75, 3.05) is 26.3 Å². The maximum Gasteiger partial charge on any atom is 0.274 e. The van der Waals surface area contributed by atoms with Gasteiger partial charge in [0.15, 0.2) is 0 Å². The number of aromatic nitrogens is 2. The third-order valence-corrected chi connectivity index (χ3v) is 5.76. The largest absolute Gasteiger partial charge is 0.490 e. The van der Waals surface area contributed by atoms with Gasteiger partial charge in [-0.2, -0.15) is 0 Å². The molecule has 0 spiro atoms. The van der Waals surface area contributed by atoms with E-state index in [0.29, 0.717) is 28.4 Å². The molecule has 32 heavy (non-hydrogen) atoms. The van der Waals surface area contributed by atoms with Crippen LogP contribution in [0.25, 0.3) is 11.0 Å². The Balaban J connectivity index is 1.54. The maximum absolute atomic E-state index is 13.2. The third kappa shape index (κ3) is 4.81. The number of rotatable bonds is 6. The van der Waals surface area contributed by atoms with Crippen LogP contribution in [0.2, 0.25) is 5.02 Å². The molecule has 1 saturated heterocycles. The zero-order chi connectivity index (χ0) is 22.7. The van der Waals surface area contributed by atoms with Crippen LogP contribution in [0.4, 0.5) is 0 Å². The highest BCUT2D eigenvalue weighted by molar-refractivity contribution is 6.31. The zero-order valence-electron chi connectivity index (χ0n) is 17.6. The topological polar surface area (TPSA) is 108 Å². The number of morpholine rings is 1. The number of benzene rings is 2. The van der Waals surface area contributed by atoms with Gasteiger partial charge in [0.1, 0.15) is 23.7 Å². The monoisotopic (exact) mass is 454 g/mol. The number of nitrogens with zero attached hydrogens (tertiary/aromatic N) is 3. The van der Waals surface area contributed by atoms with Gasteiger partial charge in [0.05, 0.1) is 36.8 Å². The minimum Gasteiger partial charge on any atom is -0.490 e.